The first-order chi connectivity index (χ1) is 19.8. The average Bonchev–Trinajstić information content (AvgIpc) is 2.95. The van der Waals surface area contributed by atoms with Crippen molar-refractivity contribution in [2.75, 3.05) is 18.0 Å². The highest BCUT2D eigenvalue weighted by molar-refractivity contribution is 7.92. The van der Waals surface area contributed by atoms with Gasteiger partial charge in [-0.3, -0.25) is 13.9 Å². The van der Waals surface area contributed by atoms with Gasteiger partial charge >= 0.3 is 0 Å². The second-order valence-corrected chi connectivity index (χ2v) is 13.5. The fourth-order valence-corrected chi connectivity index (χ4v) is 6.05. The number of benzene rings is 3. The summed E-state index contributed by atoms with van der Waals surface area (Å²) >= 11 is 0. The first-order valence-electron chi connectivity index (χ1n) is 14.2. The Balaban J connectivity index is 2.08. The molecule has 3 aromatic carbocycles. The van der Waals surface area contributed by atoms with Gasteiger partial charge in [-0.2, -0.15) is 0 Å². The van der Waals surface area contributed by atoms with Crippen molar-refractivity contribution >= 4 is 27.5 Å². The molecule has 0 unspecified atom stereocenters. The van der Waals surface area contributed by atoms with Crippen molar-refractivity contribution in [2.24, 2.45) is 0 Å². The second-order valence-electron chi connectivity index (χ2n) is 11.6. The molecule has 3 aromatic rings. The highest BCUT2D eigenvalue weighted by Gasteiger charge is 2.34. The lowest BCUT2D eigenvalue weighted by Gasteiger charge is -2.35. The van der Waals surface area contributed by atoms with E-state index in [-0.39, 0.29) is 23.3 Å². The third-order valence-electron chi connectivity index (χ3n) is 6.83. The van der Waals surface area contributed by atoms with Gasteiger partial charge in [0.25, 0.3) is 10.0 Å². The molecule has 0 aromatic heterocycles. The average molecular weight is 594 g/mol. The molecule has 8 nitrogen and oxygen atoms in total. The molecule has 0 fully saturated rings. The number of anilines is 1. The largest absolute Gasteiger partial charge is 0.497 e. The zero-order chi connectivity index (χ0) is 31.1. The van der Waals surface area contributed by atoms with E-state index in [1.54, 1.807) is 49.6 Å². The Morgan fingerprint density at radius 2 is 1.57 bits per heavy atom. The summed E-state index contributed by atoms with van der Waals surface area (Å²) in [4.78, 5) is 29.2. The molecule has 1 N–H and O–H groups in total. The van der Waals surface area contributed by atoms with Crippen LogP contribution in [0.1, 0.15) is 65.0 Å². The van der Waals surface area contributed by atoms with E-state index in [1.165, 1.54) is 17.0 Å². The maximum Gasteiger partial charge on any atom is 0.264 e. The topological polar surface area (TPSA) is 96.0 Å². The van der Waals surface area contributed by atoms with Crippen molar-refractivity contribution in [1.29, 1.82) is 0 Å². The number of rotatable bonds is 12. The molecular formula is C33H43N3O5S. The third kappa shape index (κ3) is 8.35. The summed E-state index contributed by atoms with van der Waals surface area (Å²) < 4.78 is 34.4. The SMILES string of the molecule is CC[C@@H](C(=O)NC(C)(C)C)N(Cc1cccc(OC)c1)C(=O)CN(c1ccc(C(C)C)cc1)S(=O)(=O)c1ccccc1. The van der Waals surface area contributed by atoms with Crippen LogP contribution in [0.2, 0.25) is 0 Å². The van der Waals surface area contributed by atoms with Crippen LogP contribution in [0.15, 0.2) is 83.8 Å². The molecule has 0 aliphatic carbocycles. The number of carbonyl (C=O) groups excluding carboxylic acids is 2. The molecule has 0 radical (unpaired) electrons. The number of methoxy groups -OCH3 is 1. The molecule has 42 heavy (non-hydrogen) atoms. The Labute approximate surface area is 250 Å². The van der Waals surface area contributed by atoms with Crippen LogP contribution in [0.5, 0.6) is 5.75 Å². The van der Waals surface area contributed by atoms with Crippen LogP contribution in [0, 0.1) is 0 Å². The molecule has 0 bridgehead atoms. The number of nitrogens with zero attached hydrogens (tertiary/aromatic N) is 2. The van der Waals surface area contributed by atoms with E-state index in [1.807, 2.05) is 52.0 Å². The Morgan fingerprint density at radius 3 is 2.12 bits per heavy atom. The molecule has 0 aliphatic rings. The van der Waals surface area contributed by atoms with Gasteiger partial charge in [0.05, 0.1) is 17.7 Å². The predicted molar refractivity (Wildman–Crippen MR) is 167 cm³/mol. The molecule has 0 spiro atoms. The molecule has 1 atom stereocenters. The van der Waals surface area contributed by atoms with Gasteiger partial charge in [0.15, 0.2) is 0 Å². The fourth-order valence-electron chi connectivity index (χ4n) is 4.61. The highest BCUT2D eigenvalue weighted by atomic mass is 32.2. The number of ether oxygens (including phenoxy) is 1. The normalized spacial score (nSPS) is 12.5. The fraction of sp³-hybridized carbons (Fsp3) is 0.394. The smallest absolute Gasteiger partial charge is 0.264 e. The van der Waals surface area contributed by atoms with Crippen LogP contribution in [-0.2, 0) is 26.2 Å². The predicted octanol–water partition coefficient (Wildman–Crippen LogP) is 5.74. The Bertz CT molecular complexity index is 1450. The second kappa shape index (κ2) is 13.9. The lowest BCUT2D eigenvalue weighted by Crippen LogP contribution is -2.55. The minimum Gasteiger partial charge on any atom is -0.497 e. The third-order valence-corrected chi connectivity index (χ3v) is 8.62. The van der Waals surface area contributed by atoms with Gasteiger partial charge < -0.3 is 15.0 Å². The maximum atomic E-state index is 14.2. The lowest BCUT2D eigenvalue weighted by molar-refractivity contribution is -0.141. The molecule has 3 rings (SSSR count). The monoisotopic (exact) mass is 593 g/mol. The maximum absolute atomic E-state index is 14.2. The van der Waals surface area contributed by atoms with Crippen LogP contribution in [0.3, 0.4) is 0 Å². The molecule has 0 saturated heterocycles. The van der Waals surface area contributed by atoms with Crippen molar-refractivity contribution in [1.82, 2.24) is 10.2 Å². The number of nitrogens with one attached hydrogen (secondary N) is 1. The van der Waals surface area contributed by atoms with Gasteiger partial charge in [-0.05, 0) is 80.6 Å². The Hall–Kier alpha value is -3.85. The first kappa shape index (κ1) is 32.7. The van der Waals surface area contributed by atoms with Crippen LogP contribution < -0.4 is 14.4 Å². The number of hydrogen-bond acceptors (Lipinski definition) is 5. The Kier molecular flexibility index (Phi) is 10.8. The van der Waals surface area contributed by atoms with Crippen molar-refractivity contribution in [3.05, 3.63) is 90.0 Å². The van der Waals surface area contributed by atoms with Crippen molar-refractivity contribution < 1.29 is 22.7 Å². The van der Waals surface area contributed by atoms with E-state index in [2.05, 4.69) is 19.2 Å². The van der Waals surface area contributed by atoms with Gasteiger partial charge in [0, 0.05) is 12.1 Å². The summed E-state index contributed by atoms with van der Waals surface area (Å²) in [7, 11) is -2.56. The van der Waals surface area contributed by atoms with Gasteiger partial charge in [0.2, 0.25) is 11.8 Å². The number of amides is 2. The summed E-state index contributed by atoms with van der Waals surface area (Å²) in [5, 5.41) is 2.98. The van der Waals surface area contributed by atoms with E-state index >= 15 is 0 Å². The van der Waals surface area contributed by atoms with Crippen LogP contribution in [0.4, 0.5) is 5.69 Å². The molecule has 226 valence electrons. The van der Waals surface area contributed by atoms with E-state index in [9.17, 15) is 18.0 Å². The highest BCUT2D eigenvalue weighted by Crippen LogP contribution is 2.27. The van der Waals surface area contributed by atoms with Crippen LogP contribution in [0.25, 0.3) is 0 Å². The molecule has 2 amide bonds. The quantitative estimate of drug-likeness (QED) is 0.289. The number of carbonyl (C=O) groups is 2. The van der Waals surface area contributed by atoms with Gasteiger partial charge in [-0.15, -0.1) is 0 Å². The van der Waals surface area contributed by atoms with E-state index in [0.717, 1.165) is 15.4 Å². The summed E-state index contributed by atoms with van der Waals surface area (Å²) in [5.74, 6) is 0.0663. The zero-order valence-corrected chi connectivity index (χ0v) is 26.4. The van der Waals surface area contributed by atoms with E-state index in [4.69, 9.17) is 4.74 Å². The summed E-state index contributed by atoms with van der Waals surface area (Å²) in [6.07, 6.45) is 0.339. The molecule has 9 heteroatoms. The van der Waals surface area contributed by atoms with Crippen molar-refractivity contribution in [3.63, 3.8) is 0 Å². The minimum absolute atomic E-state index is 0.0719. The zero-order valence-electron chi connectivity index (χ0n) is 25.6. The first-order valence-corrected chi connectivity index (χ1v) is 15.6. The summed E-state index contributed by atoms with van der Waals surface area (Å²) in [6, 6.07) is 21.7. The number of sulfonamides is 1. The van der Waals surface area contributed by atoms with E-state index in [0.29, 0.717) is 17.9 Å². The molecular weight excluding hydrogens is 550 g/mol. The molecule has 0 heterocycles. The van der Waals surface area contributed by atoms with Crippen molar-refractivity contribution in [3.8, 4) is 5.75 Å². The van der Waals surface area contributed by atoms with Crippen LogP contribution >= 0.6 is 0 Å². The van der Waals surface area contributed by atoms with Gasteiger partial charge in [-0.25, -0.2) is 8.42 Å². The number of hydrogen-bond donors (Lipinski definition) is 1. The van der Waals surface area contributed by atoms with Gasteiger partial charge in [0.1, 0.15) is 18.3 Å². The minimum atomic E-state index is -4.12. The molecule has 0 saturated carbocycles. The Morgan fingerprint density at radius 1 is 0.929 bits per heavy atom. The standard InChI is InChI=1S/C33H43N3O5S/c1-8-30(32(38)34-33(4,5)6)35(22-25-13-12-14-28(21-25)41-7)31(37)23-36(27-19-17-26(18-20-27)24(2)3)42(39,40)29-15-10-9-11-16-29/h9-21,24,30H,8,22-23H2,1-7H3,(H,34,38)/t30-/m0/s1. The van der Waals surface area contributed by atoms with E-state index < -0.39 is 34.1 Å². The summed E-state index contributed by atoms with van der Waals surface area (Å²) in [5.41, 5.74) is 1.65. The van der Waals surface area contributed by atoms with Crippen molar-refractivity contribution in [2.45, 2.75) is 76.9 Å². The van der Waals surface area contributed by atoms with Gasteiger partial charge in [-0.1, -0.05) is 63.2 Å². The summed E-state index contributed by atoms with van der Waals surface area (Å²) in [6.45, 7) is 11.2. The van der Waals surface area contributed by atoms with Crippen LogP contribution in [-0.4, -0.2) is 50.4 Å². The molecule has 0 aliphatic heterocycles. The lowest BCUT2D eigenvalue weighted by atomic mass is 10.0.